The zero-order valence-corrected chi connectivity index (χ0v) is 14.0. The number of aliphatic imine (C=N–C) groups is 1. The molecule has 3 N–H and O–H groups in total. The van der Waals surface area contributed by atoms with E-state index in [1.807, 2.05) is 19.1 Å². The smallest absolute Gasteiger partial charge is 0.191 e. The Hall–Kier alpha value is -2.54. The first-order valence-electron chi connectivity index (χ1n) is 7.93. The average Bonchev–Trinajstić information content (AvgIpc) is 3.13. The van der Waals surface area contributed by atoms with Gasteiger partial charge in [0.2, 0.25) is 0 Å². The van der Waals surface area contributed by atoms with E-state index >= 15 is 0 Å². The molecule has 2 rings (SSSR count). The minimum Gasteiger partial charge on any atom is -0.490 e. The van der Waals surface area contributed by atoms with Gasteiger partial charge in [0.1, 0.15) is 23.7 Å². The number of guanidine groups is 1. The predicted molar refractivity (Wildman–Crippen MR) is 92.0 cm³/mol. The fourth-order valence-corrected chi connectivity index (χ4v) is 2.01. The maximum atomic E-state index is 10.4. The van der Waals surface area contributed by atoms with Crippen LogP contribution in [0.15, 0.2) is 52.3 Å². The first-order valence-corrected chi connectivity index (χ1v) is 7.93. The molecule has 0 bridgehead atoms. The molecule has 2 aromatic heterocycles. The molecule has 7 heteroatoms. The summed E-state index contributed by atoms with van der Waals surface area (Å²) in [5.41, 5.74) is -1.15. The lowest BCUT2D eigenvalue weighted by Crippen LogP contribution is -2.40. The molecule has 0 aliphatic carbocycles. The summed E-state index contributed by atoms with van der Waals surface area (Å²) < 4.78 is 10.8. The quantitative estimate of drug-likeness (QED) is 0.386. The first-order chi connectivity index (χ1) is 11.6. The van der Waals surface area contributed by atoms with Crippen molar-refractivity contribution in [3.8, 4) is 5.75 Å². The van der Waals surface area contributed by atoms with Crippen LogP contribution in [-0.4, -0.2) is 42.3 Å². The Balaban J connectivity index is 1.82. The van der Waals surface area contributed by atoms with Crippen molar-refractivity contribution in [1.29, 1.82) is 0 Å². The maximum Gasteiger partial charge on any atom is 0.191 e. The number of aromatic nitrogens is 1. The lowest BCUT2D eigenvalue weighted by molar-refractivity contribution is 0.0437. The van der Waals surface area contributed by atoms with Gasteiger partial charge in [0.25, 0.3) is 0 Å². The number of aliphatic hydroxyl groups is 1. The summed E-state index contributed by atoms with van der Waals surface area (Å²) in [4.78, 5) is 8.39. The molecule has 2 heterocycles. The second-order valence-corrected chi connectivity index (χ2v) is 5.41. The Morgan fingerprint density at radius 1 is 1.38 bits per heavy atom. The van der Waals surface area contributed by atoms with Gasteiger partial charge in [-0.05, 0) is 38.1 Å². The van der Waals surface area contributed by atoms with Crippen LogP contribution in [0.5, 0.6) is 5.75 Å². The minimum atomic E-state index is -1.15. The number of ether oxygens (including phenoxy) is 1. The molecular formula is C17H24N4O3. The van der Waals surface area contributed by atoms with Crippen LogP contribution in [0.25, 0.3) is 0 Å². The summed E-state index contributed by atoms with van der Waals surface area (Å²) >= 11 is 0. The number of furan rings is 1. The van der Waals surface area contributed by atoms with Crippen molar-refractivity contribution in [2.75, 3.05) is 26.2 Å². The number of hydrogen-bond donors (Lipinski definition) is 3. The maximum absolute atomic E-state index is 10.4. The van der Waals surface area contributed by atoms with E-state index in [4.69, 9.17) is 9.15 Å². The van der Waals surface area contributed by atoms with Gasteiger partial charge in [0, 0.05) is 12.7 Å². The number of pyridine rings is 1. The Bertz CT molecular complexity index is 612. The molecule has 24 heavy (non-hydrogen) atoms. The summed E-state index contributed by atoms with van der Waals surface area (Å²) in [7, 11) is 0. The number of nitrogens with one attached hydrogen (secondary N) is 2. The molecule has 0 fully saturated rings. The van der Waals surface area contributed by atoms with Crippen molar-refractivity contribution < 1.29 is 14.3 Å². The van der Waals surface area contributed by atoms with E-state index in [0.29, 0.717) is 24.9 Å². The molecule has 0 aliphatic heterocycles. The van der Waals surface area contributed by atoms with E-state index < -0.39 is 5.60 Å². The van der Waals surface area contributed by atoms with E-state index in [0.717, 1.165) is 12.3 Å². The predicted octanol–water partition coefficient (Wildman–Crippen LogP) is 1.52. The minimum absolute atomic E-state index is 0.180. The monoisotopic (exact) mass is 332 g/mol. The van der Waals surface area contributed by atoms with E-state index in [2.05, 4.69) is 20.6 Å². The number of rotatable bonds is 8. The van der Waals surface area contributed by atoms with E-state index in [1.54, 1.807) is 31.5 Å². The fourth-order valence-electron chi connectivity index (χ4n) is 2.01. The van der Waals surface area contributed by atoms with Crippen LogP contribution in [0, 0.1) is 0 Å². The lowest BCUT2D eigenvalue weighted by atomic mass is 10.0. The normalized spacial score (nSPS) is 14.0. The van der Waals surface area contributed by atoms with Crippen molar-refractivity contribution in [3.05, 3.63) is 48.7 Å². The molecule has 7 nitrogen and oxygen atoms in total. The molecule has 0 amide bonds. The van der Waals surface area contributed by atoms with Crippen molar-refractivity contribution >= 4 is 5.96 Å². The lowest BCUT2D eigenvalue weighted by Gasteiger charge is -2.19. The Kier molecular flexibility index (Phi) is 6.62. The van der Waals surface area contributed by atoms with E-state index in [9.17, 15) is 5.11 Å². The molecule has 1 unspecified atom stereocenters. The second kappa shape index (κ2) is 8.93. The van der Waals surface area contributed by atoms with Crippen LogP contribution in [0.4, 0.5) is 0 Å². The van der Waals surface area contributed by atoms with Crippen molar-refractivity contribution in [3.63, 3.8) is 0 Å². The third-order valence-electron chi connectivity index (χ3n) is 3.24. The number of nitrogens with zero attached hydrogens (tertiary/aromatic N) is 2. The van der Waals surface area contributed by atoms with Gasteiger partial charge in [-0.1, -0.05) is 0 Å². The van der Waals surface area contributed by atoms with Crippen LogP contribution in [0.2, 0.25) is 0 Å². The molecule has 0 spiro atoms. The van der Waals surface area contributed by atoms with Gasteiger partial charge in [-0.15, -0.1) is 0 Å². The first kappa shape index (κ1) is 17.8. The van der Waals surface area contributed by atoms with Crippen LogP contribution >= 0.6 is 0 Å². The molecule has 130 valence electrons. The molecule has 0 saturated heterocycles. The standard InChI is InChI=1S/C17H24N4O3/c1-3-19-16(20-9-11-23-14-6-4-8-18-12-14)21-13-17(2,22)15-7-5-10-24-15/h4-8,10,12,22H,3,9,11,13H2,1-2H3,(H2,19,20,21). The topological polar surface area (TPSA) is 91.9 Å². The third kappa shape index (κ3) is 5.58. The van der Waals surface area contributed by atoms with Gasteiger partial charge in [-0.2, -0.15) is 0 Å². The Labute approximate surface area is 141 Å². The molecular weight excluding hydrogens is 308 g/mol. The Morgan fingerprint density at radius 3 is 2.92 bits per heavy atom. The van der Waals surface area contributed by atoms with Gasteiger partial charge in [-0.25, -0.2) is 4.99 Å². The largest absolute Gasteiger partial charge is 0.490 e. The summed E-state index contributed by atoms with van der Waals surface area (Å²) in [6.07, 6.45) is 4.90. The molecule has 2 aromatic rings. The highest BCUT2D eigenvalue weighted by molar-refractivity contribution is 5.79. The van der Waals surface area contributed by atoms with Gasteiger partial charge in [0.05, 0.1) is 25.5 Å². The summed E-state index contributed by atoms with van der Waals surface area (Å²) in [6.45, 7) is 5.60. The summed E-state index contributed by atoms with van der Waals surface area (Å²) in [5.74, 6) is 1.82. The Morgan fingerprint density at radius 2 is 2.25 bits per heavy atom. The van der Waals surface area contributed by atoms with Crippen LogP contribution < -0.4 is 15.4 Å². The van der Waals surface area contributed by atoms with Crippen molar-refractivity contribution in [1.82, 2.24) is 15.6 Å². The third-order valence-corrected chi connectivity index (χ3v) is 3.24. The SMILES string of the molecule is CCNC(=NCC(C)(O)c1ccco1)NCCOc1cccnc1. The highest BCUT2D eigenvalue weighted by atomic mass is 16.5. The molecule has 0 aliphatic rings. The second-order valence-electron chi connectivity index (χ2n) is 5.41. The molecule has 1 atom stereocenters. The van der Waals surface area contributed by atoms with E-state index in [-0.39, 0.29) is 6.54 Å². The fraction of sp³-hybridized carbons (Fsp3) is 0.412. The highest BCUT2D eigenvalue weighted by Crippen LogP contribution is 2.20. The molecule has 0 saturated carbocycles. The molecule has 0 aromatic carbocycles. The van der Waals surface area contributed by atoms with Crippen LogP contribution in [0.1, 0.15) is 19.6 Å². The van der Waals surface area contributed by atoms with Gasteiger partial charge >= 0.3 is 0 Å². The van der Waals surface area contributed by atoms with Crippen LogP contribution in [0.3, 0.4) is 0 Å². The van der Waals surface area contributed by atoms with Crippen molar-refractivity contribution in [2.24, 2.45) is 4.99 Å². The van der Waals surface area contributed by atoms with E-state index in [1.165, 1.54) is 6.26 Å². The summed E-state index contributed by atoms with van der Waals surface area (Å²) in [5, 5.41) is 16.7. The van der Waals surface area contributed by atoms with Gasteiger partial charge < -0.3 is 24.9 Å². The zero-order chi connectivity index (χ0) is 17.3. The van der Waals surface area contributed by atoms with Crippen LogP contribution in [-0.2, 0) is 5.60 Å². The zero-order valence-electron chi connectivity index (χ0n) is 14.0. The van der Waals surface area contributed by atoms with Gasteiger partial charge in [-0.3, -0.25) is 4.98 Å². The number of hydrogen-bond acceptors (Lipinski definition) is 5. The average molecular weight is 332 g/mol. The summed E-state index contributed by atoms with van der Waals surface area (Å²) in [6, 6.07) is 7.15. The highest BCUT2D eigenvalue weighted by Gasteiger charge is 2.25. The van der Waals surface area contributed by atoms with Gasteiger partial charge in [0.15, 0.2) is 5.96 Å². The molecule has 0 radical (unpaired) electrons. The van der Waals surface area contributed by atoms with Crippen molar-refractivity contribution in [2.45, 2.75) is 19.4 Å².